The molecule has 0 aliphatic heterocycles. The molecule has 0 fully saturated rings. The second-order valence-electron chi connectivity index (χ2n) is 4.14. The molecule has 4 nitrogen and oxygen atoms in total. The van der Waals surface area contributed by atoms with Crippen LogP contribution < -0.4 is 10.0 Å². The largest absolute Gasteiger partial charge is 0.317 e. The van der Waals surface area contributed by atoms with Crippen molar-refractivity contribution in [3.8, 4) is 0 Å². The predicted octanol–water partition coefficient (Wildman–Crippen LogP) is 2.61. The van der Waals surface area contributed by atoms with Gasteiger partial charge in [0, 0.05) is 5.02 Å². The van der Waals surface area contributed by atoms with Crippen LogP contribution in [0.1, 0.15) is 19.8 Å². The summed E-state index contributed by atoms with van der Waals surface area (Å²) < 4.78 is 38.9. The fourth-order valence-corrected chi connectivity index (χ4v) is 2.95. The van der Waals surface area contributed by atoms with E-state index in [4.69, 9.17) is 11.6 Å². The summed E-state index contributed by atoms with van der Waals surface area (Å²) in [5.74, 6) is -0.565. The standard InChI is InChI=1S/C12H18ClFN2O2S/c1-2-15-5-3-4-6-19(17,18)16-12-8-10(13)7-11(14)9-12/h7-9,15-16H,2-6H2,1H3. The van der Waals surface area contributed by atoms with Gasteiger partial charge in [0.1, 0.15) is 5.82 Å². The van der Waals surface area contributed by atoms with Crippen molar-refractivity contribution < 1.29 is 12.8 Å². The van der Waals surface area contributed by atoms with Crippen LogP contribution in [0.2, 0.25) is 5.02 Å². The topological polar surface area (TPSA) is 58.2 Å². The quantitative estimate of drug-likeness (QED) is 0.726. The van der Waals surface area contributed by atoms with Crippen LogP contribution in [-0.4, -0.2) is 27.3 Å². The molecule has 0 aliphatic rings. The summed E-state index contributed by atoms with van der Waals surface area (Å²) in [6.07, 6.45) is 1.32. The van der Waals surface area contributed by atoms with Crippen molar-refractivity contribution in [1.82, 2.24) is 5.32 Å². The molecule has 108 valence electrons. The second kappa shape index (κ2) is 7.67. The summed E-state index contributed by atoms with van der Waals surface area (Å²) in [6, 6.07) is 3.60. The van der Waals surface area contributed by atoms with Crippen molar-refractivity contribution in [3.05, 3.63) is 29.0 Å². The van der Waals surface area contributed by atoms with E-state index in [1.54, 1.807) is 0 Å². The van der Waals surface area contributed by atoms with Gasteiger partial charge < -0.3 is 5.32 Å². The molecule has 2 N–H and O–H groups in total. The molecular weight excluding hydrogens is 291 g/mol. The van der Waals surface area contributed by atoms with Crippen LogP contribution in [0, 0.1) is 5.82 Å². The zero-order chi connectivity index (χ0) is 14.3. The van der Waals surface area contributed by atoms with Gasteiger partial charge in [-0.15, -0.1) is 0 Å². The molecule has 0 saturated heterocycles. The Bertz CT molecular complexity index is 488. The number of hydrogen-bond acceptors (Lipinski definition) is 3. The molecule has 7 heteroatoms. The third kappa shape index (κ3) is 6.75. The normalized spacial score (nSPS) is 11.5. The van der Waals surface area contributed by atoms with E-state index in [1.807, 2.05) is 6.92 Å². The van der Waals surface area contributed by atoms with E-state index < -0.39 is 15.8 Å². The molecular formula is C12H18ClFN2O2S. The highest BCUT2D eigenvalue weighted by molar-refractivity contribution is 7.92. The summed E-state index contributed by atoms with van der Waals surface area (Å²) in [5.41, 5.74) is 0.150. The summed E-state index contributed by atoms with van der Waals surface area (Å²) in [5, 5.41) is 3.27. The first kappa shape index (κ1) is 16.2. The van der Waals surface area contributed by atoms with E-state index in [1.165, 1.54) is 6.07 Å². The van der Waals surface area contributed by atoms with Gasteiger partial charge in [0.2, 0.25) is 10.0 Å². The molecule has 0 aromatic heterocycles. The number of unbranched alkanes of at least 4 members (excludes halogenated alkanes) is 1. The van der Waals surface area contributed by atoms with Gasteiger partial charge >= 0.3 is 0 Å². The Balaban J connectivity index is 2.49. The van der Waals surface area contributed by atoms with Crippen molar-refractivity contribution >= 4 is 27.3 Å². The average Bonchev–Trinajstić information content (AvgIpc) is 2.26. The fraction of sp³-hybridized carbons (Fsp3) is 0.500. The van der Waals surface area contributed by atoms with Crippen LogP contribution in [-0.2, 0) is 10.0 Å². The molecule has 1 aromatic rings. The Morgan fingerprint density at radius 2 is 2.00 bits per heavy atom. The van der Waals surface area contributed by atoms with E-state index in [2.05, 4.69) is 10.0 Å². The zero-order valence-electron chi connectivity index (χ0n) is 10.7. The highest BCUT2D eigenvalue weighted by Gasteiger charge is 2.11. The van der Waals surface area contributed by atoms with Crippen LogP contribution >= 0.6 is 11.6 Å². The Hall–Kier alpha value is -0.850. The fourth-order valence-electron chi connectivity index (χ4n) is 1.56. The summed E-state index contributed by atoms with van der Waals surface area (Å²) in [6.45, 7) is 3.65. The molecule has 1 aromatic carbocycles. The highest BCUT2D eigenvalue weighted by Crippen LogP contribution is 2.19. The van der Waals surface area contributed by atoms with Gasteiger partial charge in [-0.3, -0.25) is 4.72 Å². The molecule has 0 heterocycles. The van der Waals surface area contributed by atoms with Crippen molar-refractivity contribution in [2.45, 2.75) is 19.8 Å². The van der Waals surface area contributed by atoms with Gasteiger partial charge in [0.25, 0.3) is 0 Å². The minimum absolute atomic E-state index is 0.00647. The Morgan fingerprint density at radius 1 is 1.26 bits per heavy atom. The Morgan fingerprint density at radius 3 is 2.63 bits per heavy atom. The number of sulfonamides is 1. The molecule has 1 rings (SSSR count). The minimum atomic E-state index is -3.46. The van der Waals surface area contributed by atoms with Gasteiger partial charge in [-0.05, 0) is 44.1 Å². The molecule has 0 unspecified atom stereocenters. The average molecular weight is 309 g/mol. The van der Waals surface area contributed by atoms with Crippen LogP contribution in [0.4, 0.5) is 10.1 Å². The molecule has 0 amide bonds. The SMILES string of the molecule is CCNCCCCS(=O)(=O)Nc1cc(F)cc(Cl)c1. The molecule has 0 aliphatic carbocycles. The maximum atomic E-state index is 13.1. The Labute approximate surface area is 118 Å². The summed E-state index contributed by atoms with van der Waals surface area (Å²) >= 11 is 5.66. The first-order valence-electron chi connectivity index (χ1n) is 6.10. The maximum Gasteiger partial charge on any atom is 0.232 e. The molecule has 19 heavy (non-hydrogen) atoms. The summed E-state index contributed by atoms with van der Waals surface area (Å²) in [7, 11) is -3.46. The molecule has 0 bridgehead atoms. The lowest BCUT2D eigenvalue weighted by molar-refractivity contribution is 0.593. The lowest BCUT2D eigenvalue weighted by Gasteiger charge is -2.08. The predicted molar refractivity (Wildman–Crippen MR) is 76.6 cm³/mol. The van der Waals surface area contributed by atoms with E-state index in [0.29, 0.717) is 6.42 Å². The molecule has 0 spiro atoms. The second-order valence-corrected chi connectivity index (χ2v) is 6.42. The molecule has 0 radical (unpaired) electrons. The number of anilines is 1. The first-order valence-corrected chi connectivity index (χ1v) is 8.13. The lowest BCUT2D eigenvalue weighted by Crippen LogP contribution is -2.19. The number of halogens is 2. The van der Waals surface area contributed by atoms with Gasteiger partial charge in [0.05, 0.1) is 11.4 Å². The number of hydrogen-bond donors (Lipinski definition) is 2. The highest BCUT2D eigenvalue weighted by atomic mass is 35.5. The zero-order valence-corrected chi connectivity index (χ0v) is 12.3. The van der Waals surface area contributed by atoms with Crippen LogP contribution in [0.5, 0.6) is 0 Å². The third-order valence-electron chi connectivity index (χ3n) is 2.40. The third-order valence-corrected chi connectivity index (χ3v) is 3.99. The van der Waals surface area contributed by atoms with E-state index >= 15 is 0 Å². The maximum absolute atomic E-state index is 13.1. The lowest BCUT2D eigenvalue weighted by atomic mass is 10.3. The first-order chi connectivity index (χ1) is 8.93. The van der Waals surface area contributed by atoms with Crippen LogP contribution in [0.25, 0.3) is 0 Å². The Kier molecular flexibility index (Phi) is 6.54. The van der Waals surface area contributed by atoms with Gasteiger partial charge in [0.15, 0.2) is 0 Å². The van der Waals surface area contributed by atoms with Gasteiger partial charge in [-0.2, -0.15) is 0 Å². The van der Waals surface area contributed by atoms with Gasteiger partial charge in [-0.1, -0.05) is 18.5 Å². The monoisotopic (exact) mass is 308 g/mol. The van der Waals surface area contributed by atoms with Crippen molar-refractivity contribution in [2.24, 2.45) is 0 Å². The van der Waals surface area contributed by atoms with Crippen molar-refractivity contribution in [3.63, 3.8) is 0 Å². The van der Waals surface area contributed by atoms with E-state index in [9.17, 15) is 12.8 Å². The summed E-state index contributed by atoms with van der Waals surface area (Å²) in [4.78, 5) is 0. The number of benzene rings is 1. The molecule has 0 atom stereocenters. The van der Waals surface area contributed by atoms with Crippen molar-refractivity contribution in [1.29, 1.82) is 0 Å². The van der Waals surface area contributed by atoms with Crippen LogP contribution in [0.15, 0.2) is 18.2 Å². The van der Waals surface area contributed by atoms with E-state index in [-0.39, 0.29) is 16.5 Å². The van der Waals surface area contributed by atoms with Crippen LogP contribution in [0.3, 0.4) is 0 Å². The van der Waals surface area contributed by atoms with E-state index in [0.717, 1.165) is 31.6 Å². The molecule has 0 saturated carbocycles. The van der Waals surface area contributed by atoms with Gasteiger partial charge in [-0.25, -0.2) is 12.8 Å². The van der Waals surface area contributed by atoms with Crippen molar-refractivity contribution in [2.75, 3.05) is 23.6 Å². The minimum Gasteiger partial charge on any atom is -0.317 e. The number of rotatable bonds is 8. The number of nitrogens with one attached hydrogen (secondary N) is 2. The smallest absolute Gasteiger partial charge is 0.232 e.